The Balaban J connectivity index is 1.87. The first kappa shape index (κ1) is 14.6. The monoisotopic (exact) mass is 278 g/mol. The molecule has 0 saturated heterocycles. The van der Waals surface area contributed by atoms with Crippen LogP contribution in [0.4, 0.5) is 0 Å². The summed E-state index contributed by atoms with van der Waals surface area (Å²) in [7, 11) is 0. The van der Waals surface area contributed by atoms with Crippen molar-refractivity contribution in [3.8, 4) is 0 Å². The van der Waals surface area contributed by atoms with Crippen LogP contribution in [0.1, 0.15) is 62.2 Å². The van der Waals surface area contributed by atoms with E-state index in [1.54, 1.807) is 0 Å². The van der Waals surface area contributed by atoms with Crippen LogP contribution in [0.15, 0.2) is 24.3 Å². The molecule has 0 unspecified atom stereocenters. The van der Waals surface area contributed by atoms with E-state index < -0.39 is 0 Å². The van der Waals surface area contributed by atoms with Crippen molar-refractivity contribution in [2.45, 2.75) is 51.9 Å². The second kappa shape index (κ2) is 7.09. The summed E-state index contributed by atoms with van der Waals surface area (Å²) in [5.74, 6) is 1.40. The number of hydrogen-bond acceptors (Lipinski definition) is 1. The zero-order valence-corrected chi connectivity index (χ0v) is 12.5. The minimum atomic E-state index is 0.235. The van der Waals surface area contributed by atoms with Crippen molar-refractivity contribution in [2.75, 3.05) is 0 Å². The fourth-order valence-electron chi connectivity index (χ4n) is 3.06. The summed E-state index contributed by atoms with van der Waals surface area (Å²) in [5, 5.41) is 0.694. The number of unbranched alkanes of at least 4 members (excludes halogenated alkanes) is 1. The van der Waals surface area contributed by atoms with Gasteiger partial charge in [-0.05, 0) is 55.9 Å². The molecule has 0 bridgehead atoms. The Bertz CT molecular complexity index is 402. The number of ketones is 1. The van der Waals surface area contributed by atoms with Crippen molar-refractivity contribution in [2.24, 2.45) is 11.8 Å². The van der Waals surface area contributed by atoms with Crippen LogP contribution in [0.5, 0.6) is 0 Å². The summed E-state index contributed by atoms with van der Waals surface area (Å²) in [5.41, 5.74) is 0.821. The van der Waals surface area contributed by atoms with E-state index in [9.17, 15) is 4.79 Å². The number of halogens is 1. The summed E-state index contributed by atoms with van der Waals surface area (Å²) in [6.45, 7) is 2.25. The van der Waals surface area contributed by atoms with Crippen molar-refractivity contribution in [1.29, 1.82) is 0 Å². The Hall–Kier alpha value is -0.820. The maximum absolute atomic E-state index is 12.4. The average Bonchev–Trinajstić information content (AvgIpc) is 2.46. The minimum Gasteiger partial charge on any atom is -0.294 e. The van der Waals surface area contributed by atoms with Crippen LogP contribution in [0.25, 0.3) is 0 Å². The Morgan fingerprint density at radius 3 is 2.37 bits per heavy atom. The van der Waals surface area contributed by atoms with Crippen LogP contribution in [0, 0.1) is 11.8 Å². The molecule has 1 aliphatic rings. The zero-order valence-electron chi connectivity index (χ0n) is 11.7. The van der Waals surface area contributed by atoms with Gasteiger partial charge in [-0.2, -0.15) is 0 Å². The molecule has 0 amide bonds. The molecule has 0 N–H and O–H groups in total. The first-order valence-corrected chi connectivity index (χ1v) is 7.88. The lowest BCUT2D eigenvalue weighted by Crippen LogP contribution is -2.22. The molecular weight excluding hydrogens is 256 g/mol. The minimum absolute atomic E-state index is 0.235. The largest absolute Gasteiger partial charge is 0.294 e. The molecule has 0 radical (unpaired) electrons. The number of benzene rings is 1. The lowest BCUT2D eigenvalue weighted by Gasteiger charge is -2.27. The summed E-state index contributed by atoms with van der Waals surface area (Å²) in [4.78, 5) is 12.4. The van der Waals surface area contributed by atoms with Crippen LogP contribution in [-0.4, -0.2) is 5.78 Å². The van der Waals surface area contributed by atoms with Crippen LogP contribution in [-0.2, 0) is 0 Å². The SMILES string of the molecule is CCCCC1CCC(C(=O)c2ccc(Cl)cc2)CC1. The molecule has 2 heteroatoms. The van der Waals surface area contributed by atoms with Gasteiger partial charge in [-0.1, -0.05) is 37.8 Å². The molecule has 1 saturated carbocycles. The molecule has 0 aromatic heterocycles. The molecule has 1 aliphatic carbocycles. The van der Waals surface area contributed by atoms with Crippen LogP contribution in [0.2, 0.25) is 5.02 Å². The highest BCUT2D eigenvalue weighted by Crippen LogP contribution is 2.33. The molecule has 19 heavy (non-hydrogen) atoms. The smallest absolute Gasteiger partial charge is 0.165 e. The predicted octanol–water partition coefficient (Wildman–Crippen LogP) is 5.52. The van der Waals surface area contributed by atoms with Crippen LogP contribution < -0.4 is 0 Å². The highest BCUT2D eigenvalue weighted by molar-refractivity contribution is 6.30. The second-order valence-corrected chi connectivity index (χ2v) is 6.17. The Morgan fingerprint density at radius 1 is 1.16 bits per heavy atom. The summed E-state index contributed by atoms with van der Waals surface area (Å²) < 4.78 is 0. The lowest BCUT2D eigenvalue weighted by atomic mass is 9.77. The van der Waals surface area contributed by atoms with Crippen molar-refractivity contribution in [1.82, 2.24) is 0 Å². The summed E-state index contributed by atoms with van der Waals surface area (Å²) in [6.07, 6.45) is 8.54. The van der Waals surface area contributed by atoms with Crippen molar-refractivity contribution < 1.29 is 4.79 Å². The van der Waals surface area contributed by atoms with E-state index >= 15 is 0 Å². The van der Waals surface area contributed by atoms with Gasteiger partial charge >= 0.3 is 0 Å². The normalized spacial score (nSPS) is 23.3. The topological polar surface area (TPSA) is 17.1 Å². The quantitative estimate of drug-likeness (QED) is 0.648. The second-order valence-electron chi connectivity index (χ2n) is 5.73. The van der Waals surface area contributed by atoms with E-state index in [1.807, 2.05) is 24.3 Å². The highest BCUT2D eigenvalue weighted by Gasteiger charge is 2.26. The Kier molecular flexibility index (Phi) is 5.45. The van der Waals surface area contributed by atoms with E-state index in [0.717, 1.165) is 24.3 Å². The van der Waals surface area contributed by atoms with E-state index in [-0.39, 0.29) is 5.92 Å². The predicted molar refractivity (Wildman–Crippen MR) is 80.8 cm³/mol. The molecule has 1 aromatic rings. The first-order valence-electron chi connectivity index (χ1n) is 7.50. The fraction of sp³-hybridized carbons (Fsp3) is 0.588. The molecule has 0 heterocycles. The van der Waals surface area contributed by atoms with Crippen molar-refractivity contribution in [3.05, 3.63) is 34.9 Å². The van der Waals surface area contributed by atoms with Gasteiger partial charge in [-0.25, -0.2) is 0 Å². The van der Waals surface area contributed by atoms with Crippen molar-refractivity contribution in [3.63, 3.8) is 0 Å². The average molecular weight is 279 g/mol. The van der Waals surface area contributed by atoms with E-state index in [2.05, 4.69) is 6.92 Å². The number of carbonyl (C=O) groups excluding carboxylic acids is 1. The molecule has 0 atom stereocenters. The van der Waals surface area contributed by atoms with Gasteiger partial charge in [-0.15, -0.1) is 0 Å². The molecule has 1 nitrogen and oxygen atoms in total. The number of hydrogen-bond donors (Lipinski definition) is 0. The third-order valence-electron chi connectivity index (χ3n) is 4.31. The summed E-state index contributed by atoms with van der Waals surface area (Å²) >= 11 is 5.86. The molecule has 0 aliphatic heterocycles. The molecule has 1 fully saturated rings. The molecule has 1 aromatic carbocycles. The van der Waals surface area contributed by atoms with Crippen LogP contribution >= 0.6 is 11.6 Å². The van der Waals surface area contributed by atoms with Gasteiger partial charge in [0.25, 0.3) is 0 Å². The van der Waals surface area contributed by atoms with Gasteiger partial charge in [0.1, 0.15) is 0 Å². The third kappa shape index (κ3) is 4.07. The maximum Gasteiger partial charge on any atom is 0.165 e. The summed E-state index contributed by atoms with van der Waals surface area (Å²) in [6, 6.07) is 7.32. The first-order chi connectivity index (χ1) is 9.20. The third-order valence-corrected chi connectivity index (χ3v) is 4.56. The standard InChI is InChI=1S/C17H23ClO/c1-2-3-4-13-5-7-14(8-6-13)17(19)15-9-11-16(18)12-10-15/h9-14H,2-8H2,1H3. The van der Waals surface area contributed by atoms with Gasteiger partial charge in [0, 0.05) is 16.5 Å². The van der Waals surface area contributed by atoms with Gasteiger partial charge in [0.2, 0.25) is 0 Å². The maximum atomic E-state index is 12.4. The van der Waals surface area contributed by atoms with Gasteiger partial charge in [0.05, 0.1) is 0 Å². The fourth-order valence-corrected chi connectivity index (χ4v) is 3.18. The zero-order chi connectivity index (χ0) is 13.7. The number of rotatable bonds is 5. The molecule has 104 valence electrons. The highest BCUT2D eigenvalue weighted by atomic mass is 35.5. The number of carbonyl (C=O) groups is 1. The molecule has 2 rings (SSSR count). The Morgan fingerprint density at radius 2 is 1.79 bits per heavy atom. The Labute approximate surface area is 121 Å². The molecule has 0 spiro atoms. The van der Waals surface area contributed by atoms with Crippen LogP contribution in [0.3, 0.4) is 0 Å². The van der Waals surface area contributed by atoms with E-state index in [4.69, 9.17) is 11.6 Å². The van der Waals surface area contributed by atoms with Gasteiger partial charge in [0.15, 0.2) is 5.78 Å². The van der Waals surface area contributed by atoms with Crippen molar-refractivity contribution >= 4 is 17.4 Å². The molecular formula is C17H23ClO. The lowest BCUT2D eigenvalue weighted by molar-refractivity contribution is 0.0869. The number of Topliss-reactive ketones (excluding diaryl/α,β-unsaturated/α-hetero) is 1. The van der Waals surface area contributed by atoms with Gasteiger partial charge < -0.3 is 0 Å². The van der Waals surface area contributed by atoms with E-state index in [1.165, 1.54) is 32.1 Å². The van der Waals surface area contributed by atoms with E-state index in [0.29, 0.717) is 10.8 Å². The van der Waals surface area contributed by atoms with Gasteiger partial charge in [-0.3, -0.25) is 4.79 Å².